The van der Waals surface area contributed by atoms with Crippen LogP contribution in [0.5, 0.6) is 0 Å². The van der Waals surface area contributed by atoms with Gasteiger partial charge in [0.25, 0.3) is 0 Å². The molecular formula is C12H15F2NO3S. The van der Waals surface area contributed by atoms with Crippen LogP contribution in [0.1, 0.15) is 30.0 Å². The first-order chi connectivity index (χ1) is 8.81. The van der Waals surface area contributed by atoms with Crippen molar-refractivity contribution in [1.29, 1.82) is 0 Å². The van der Waals surface area contributed by atoms with Gasteiger partial charge in [0.1, 0.15) is 0 Å². The van der Waals surface area contributed by atoms with Gasteiger partial charge < -0.3 is 5.32 Å². The van der Waals surface area contributed by atoms with Gasteiger partial charge in [0.2, 0.25) is 0 Å². The van der Waals surface area contributed by atoms with E-state index in [-0.39, 0.29) is 12.6 Å². The molecule has 0 heterocycles. The highest BCUT2D eigenvalue weighted by atomic mass is 32.2. The van der Waals surface area contributed by atoms with Gasteiger partial charge in [0, 0.05) is 19.0 Å². The third-order valence-electron chi connectivity index (χ3n) is 3.32. The molecule has 2 N–H and O–H groups in total. The first-order valence-electron chi connectivity index (χ1n) is 5.97. The zero-order valence-corrected chi connectivity index (χ0v) is 11.0. The first kappa shape index (κ1) is 14.4. The van der Waals surface area contributed by atoms with Crippen molar-refractivity contribution in [2.75, 3.05) is 6.54 Å². The van der Waals surface area contributed by atoms with E-state index in [1.54, 1.807) is 0 Å². The van der Waals surface area contributed by atoms with Crippen LogP contribution in [0.25, 0.3) is 0 Å². The molecule has 1 atom stereocenters. The Labute approximate surface area is 110 Å². The summed E-state index contributed by atoms with van der Waals surface area (Å²) in [6, 6.07) is 7.69. The third kappa shape index (κ3) is 3.10. The number of hydrogen-bond acceptors (Lipinski definition) is 3. The maximum atomic E-state index is 13.0. The standard InChI is InChI=1S/C12H15F2NO3S/c13-12(14,19(16,17)18)7-8-15-11-6-5-9-3-1-2-4-10(9)11/h1-4,11,15H,5-8H2,(H,16,17,18). The van der Waals surface area contributed by atoms with E-state index >= 15 is 0 Å². The summed E-state index contributed by atoms with van der Waals surface area (Å²) in [5.74, 6) is 0. The molecule has 0 saturated heterocycles. The SMILES string of the molecule is O=S(=O)(O)C(F)(F)CCNC1CCc2ccccc21. The zero-order valence-electron chi connectivity index (χ0n) is 10.1. The van der Waals surface area contributed by atoms with Crippen LogP contribution in [0.15, 0.2) is 24.3 Å². The Morgan fingerprint density at radius 1 is 1.37 bits per heavy atom. The summed E-state index contributed by atoms with van der Waals surface area (Å²) < 4.78 is 55.3. The van der Waals surface area contributed by atoms with E-state index in [1.807, 2.05) is 24.3 Å². The van der Waals surface area contributed by atoms with Crippen molar-refractivity contribution in [1.82, 2.24) is 5.32 Å². The molecule has 7 heteroatoms. The fourth-order valence-corrected chi connectivity index (χ4v) is 2.65. The second-order valence-electron chi connectivity index (χ2n) is 4.61. The second-order valence-corrected chi connectivity index (χ2v) is 6.15. The van der Waals surface area contributed by atoms with Gasteiger partial charge in [-0.25, -0.2) is 0 Å². The number of nitrogens with one attached hydrogen (secondary N) is 1. The van der Waals surface area contributed by atoms with Crippen LogP contribution in [0.3, 0.4) is 0 Å². The van der Waals surface area contributed by atoms with Gasteiger partial charge in [-0.3, -0.25) is 4.55 Å². The Balaban J connectivity index is 1.92. The minimum absolute atomic E-state index is 0.0339. The topological polar surface area (TPSA) is 66.4 Å². The molecule has 0 saturated carbocycles. The van der Waals surface area contributed by atoms with Gasteiger partial charge in [-0.2, -0.15) is 17.2 Å². The molecule has 1 aliphatic carbocycles. The fourth-order valence-electron chi connectivity index (χ4n) is 2.29. The van der Waals surface area contributed by atoms with Crippen molar-refractivity contribution in [2.24, 2.45) is 0 Å². The Morgan fingerprint density at radius 2 is 2.05 bits per heavy atom. The van der Waals surface area contributed by atoms with Crippen molar-refractivity contribution in [3.8, 4) is 0 Å². The van der Waals surface area contributed by atoms with Crippen molar-refractivity contribution in [2.45, 2.75) is 30.6 Å². The summed E-state index contributed by atoms with van der Waals surface area (Å²) in [5, 5.41) is -1.19. The number of rotatable bonds is 5. The molecule has 1 aromatic carbocycles. The highest BCUT2D eigenvalue weighted by Gasteiger charge is 2.43. The molecule has 1 aliphatic rings. The summed E-state index contributed by atoms with van der Waals surface area (Å²) >= 11 is 0. The molecule has 2 rings (SSSR count). The Hall–Kier alpha value is -1.05. The number of alkyl halides is 2. The predicted molar refractivity (Wildman–Crippen MR) is 66.6 cm³/mol. The highest BCUT2D eigenvalue weighted by Crippen LogP contribution is 2.31. The lowest BCUT2D eigenvalue weighted by atomic mass is 10.1. The van der Waals surface area contributed by atoms with E-state index in [1.165, 1.54) is 5.56 Å². The molecule has 106 valence electrons. The fraction of sp³-hybridized carbons (Fsp3) is 0.500. The van der Waals surface area contributed by atoms with Gasteiger partial charge in [0.05, 0.1) is 0 Å². The maximum absolute atomic E-state index is 13.0. The van der Waals surface area contributed by atoms with E-state index < -0.39 is 21.8 Å². The number of benzene rings is 1. The van der Waals surface area contributed by atoms with Crippen LogP contribution in [0, 0.1) is 0 Å². The Bertz CT molecular complexity index is 560. The second kappa shape index (κ2) is 5.15. The molecule has 1 aromatic rings. The number of halogens is 2. The van der Waals surface area contributed by atoms with Crippen LogP contribution in [0.4, 0.5) is 8.78 Å². The van der Waals surface area contributed by atoms with Crippen molar-refractivity contribution < 1.29 is 21.8 Å². The molecule has 0 aliphatic heterocycles. The highest BCUT2D eigenvalue weighted by molar-refractivity contribution is 7.86. The minimum atomic E-state index is -5.33. The number of aryl methyl sites for hydroxylation is 1. The van der Waals surface area contributed by atoms with Crippen molar-refractivity contribution in [3.63, 3.8) is 0 Å². The molecule has 0 amide bonds. The van der Waals surface area contributed by atoms with E-state index in [4.69, 9.17) is 4.55 Å². The maximum Gasteiger partial charge on any atom is 0.371 e. The largest absolute Gasteiger partial charge is 0.371 e. The lowest BCUT2D eigenvalue weighted by molar-refractivity contribution is 0.0706. The van der Waals surface area contributed by atoms with E-state index in [9.17, 15) is 17.2 Å². The molecule has 0 spiro atoms. The number of hydrogen-bond donors (Lipinski definition) is 2. The summed E-state index contributed by atoms with van der Waals surface area (Å²) in [4.78, 5) is 0. The van der Waals surface area contributed by atoms with Gasteiger partial charge in [-0.1, -0.05) is 24.3 Å². The average molecular weight is 291 g/mol. The summed E-state index contributed by atoms with van der Waals surface area (Å²) in [6.45, 7) is -0.175. The van der Waals surface area contributed by atoms with Crippen LogP contribution >= 0.6 is 0 Å². The molecule has 1 unspecified atom stereocenters. The number of fused-ring (bicyclic) bond motifs is 1. The molecule has 0 bridgehead atoms. The van der Waals surface area contributed by atoms with Crippen LogP contribution < -0.4 is 5.32 Å². The van der Waals surface area contributed by atoms with Gasteiger partial charge in [-0.05, 0) is 24.0 Å². The molecule has 0 aromatic heterocycles. The minimum Gasteiger partial charge on any atom is -0.310 e. The monoisotopic (exact) mass is 291 g/mol. The quantitative estimate of drug-likeness (QED) is 0.816. The third-order valence-corrected chi connectivity index (χ3v) is 4.28. The first-order valence-corrected chi connectivity index (χ1v) is 7.41. The van der Waals surface area contributed by atoms with E-state index in [0.717, 1.165) is 18.4 Å². The van der Waals surface area contributed by atoms with Gasteiger partial charge in [-0.15, -0.1) is 0 Å². The summed E-state index contributed by atoms with van der Waals surface area (Å²) in [6.07, 6.45) is 0.740. The van der Waals surface area contributed by atoms with Crippen LogP contribution in [0.2, 0.25) is 0 Å². The molecule has 19 heavy (non-hydrogen) atoms. The van der Waals surface area contributed by atoms with E-state index in [0.29, 0.717) is 0 Å². The van der Waals surface area contributed by atoms with E-state index in [2.05, 4.69) is 5.32 Å². The Morgan fingerprint density at radius 3 is 2.74 bits per heavy atom. The smallest absolute Gasteiger partial charge is 0.310 e. The van der Waals surface area contributed by atoms with Crippen LogP contribution in [-0.2, 0) is 16.5 Å². The van der Waals surface area contributed by atoms with Gasteiger partial charge in [0.15, 0.2) is 0 Å². The Kier molecular flexibility index (Phi) is 3.89. The lowest BCUT2D eigenvalue weighted by Crippen LogP contribution is -2.33. The zero-order chi connectivity index (χ0) is 14.1. The summed E-state index contributed by atoms with van der Waals surface area (Å²) in [7, 11) is -5.33. The molecule has 0 radical (unpaired) electrons. The summed E-state index contributed by atoms with van der Waals surface area (Å²) in [5.41, 5.74) is 2.25. The van der Waals surface area contributed by atoms with Gasteiger partial charge >= 0.3 is 15.4 Å². The average Bonchev–Trinajstić information content (AvgIpc) is 2.71. The normalized spacial score (nSPS) is 19.4. The molecule has 0 fully saturated rings. The molecular weight excluding hydrogens is 276 g/mol. The van der Waals surface area contributed by atoms with Crippen LogP contribution in [-0.4, -0.2) is 24.8 Å². The predicted octanol–water partition coefficient (Wildman–Crippen LogP) is 2.13. The van der Waals surface area contributed by atoms with Crippen molar-refractivity contribution in [3.05, 3.63) is 35.4 Å². The van der Waals surface area contributed by atoms with Crippen molar-refractivity contribution >= 4 is 10.1 Å². The molecule has 4 nitrogen and oxygen atoms in total. The lowest BCUT2D eigenvalue weighted by Gasteiger charge is -2.17.